The maximum atomic E-state index is 12.4. The predicted molar refractivity (Wildman–Crippen MR) is 101 cm³/mol. The summed E-state index contributed by atoms with van der Waals surface area (Å²) in [5.41, 5.74) is 1.05. The number of hydrogen-bond donors (Lipinski definition) is 1. The van der Waals surface area contributed by atoms with Crippen LogP contribution in [-0.2, 0) is 16.6 Å². The van der Waals surface area contributed by atoms with E-state index in [0.717, 1.165) is 11.3 Å². The largest absolute Gasteiger partial charge is 0.497 e. The summed E-state index contributed by atoms with van der Waals surface area (Å²) in [7, 11) is -2.04. The first-order valence-corrected chi connectivity index (χ1v) is 9.88. The summed E-state index contributed by atoms with van der Waals surface area (Å²) in [4.78, 5) is 0.128. The molecule has 0 aliphatic carbocycles. The van der Waals surface area contributed by atoms with Gasteiger partial charge >= 0.3 is 0 Å². The first-order valence-electron chi connectivity index (χ1n) is 8.40. The second-order valence-electron chi connectivity index (χ2n) is 5.78. The number of aromatic nitrogens is 2. The molecule has 3 rings (SSSR count). The average Bonchev–Trinajstić information content (AvgIpc) is 3.16. The van der Waals surface area contributed by atoms with Gasteiger partial charge in [0.05, 0.1) is 19.9 Å². The summed E-state index contributed by atoms with van der Waals surface area (Å²) in [5, 5.41) is 4.12. The van der Waals surface area contributed by atoms with Crippen LogP contribution in [0.5, 0.6) is 11.5 Å². The molecule has 8 heteroatoms. The molecular weight excluding hydrogens is 366 g/mol. The number of nitrogens with one attached hydrogen (secondary N) is 1. The van der Waals surface area contributed by atoms with Crippen molar-refractivity contribution < 1.29 is 17.9 Å². The molecule has 0 unspecified atom stereocenters. The van der Waals surface area contributed by atoms with Crippen molar-refractivity contribution in [2.75, 3.05) is 20.3 Å². The van der Waals surface area contributed by atoms with Crippen LogP contribution in [0.3, 0.4) is 0 Å². The molecule has 1 N–H and O–H groups in total. The SMILES string of the molecule is COc1ccc(OCCNS(=O)(=O)c2cnn(Cc3ccccc3)c2)cc1. The van der Waals surface area contributed by atoms with Crippen molar-refractivity contribution in [1.29, 1.82) is 0 Å². The Morgan fingerprint density at radius 1 is 1.04 bits per heavy atom. The molecule has 0 atom stereocenters. The lowest BCUT2D eigenvalue weighted by Gasteiger charge is -2.08. The molecule has 7 nitrogen and oxygen atoms in total. The Balaban J connectivity index is 1.50. The molecule has 1 aromatic heterocycles. The fourth-order valence-corrected chi connectivity index (χ4v) is 3.41. The van der Waals surface area contributed by atoms with Crippen LogP contribution in [-0.4, -0.2) is 38.5 Å². The van der Waals surface area contributed by atoms with Crippen molar-refractivity contribution in [2.45, 2.75) is 11.4 Å². The van der Waals surface area contributed by atoms with Gasteiger partial charge in [-0.05, 0) is 29.8 Å². The Hall–Kier alpha value is -2.84. The van der Waals surface area contributed by atoms with Gasteiger partial charge in [-0.3, -0.25) is 4.68 Å². The number of hydrogen-bond acceptors (Lipinski definition) is 5. The maximum absolute atomic E-state index is 12.4. The molecule has 0 saturated heterocycles. The lowest BCUT2D eigenvalue weighted by Crippen LogP contribution is -2.28. The summed E-state index contributed by atoms with van der Waals surface area (Å²) in [6.07, 6.45) is 2.86. The fourth-order valence-electron chi connectivity index (χ4n) is 2.44. The third-order valence-corrected chi connectivity index (χ3v) is 5.25. The minimum atomic E-state index is -3.63. The van der Waals surface area contributed by atoms with Crippen LogP contribution in [0.15, 0.2) is 71.9 Å². The Labute approximate surface area is 158 Å². The number of nitrogens with zero attached hydrogens (tertiary/aromatic N) is 2. The van der Waals surface area contributed by atoms with Gasteiger partial charge in [0, 0.05) is 12.7 Å². The van der Waals surface area contributed by atoms with Crippen LogP contribution in [0.4, 0.5) is 0 Å². The Bertz CT molecular complexity index is 954. The van der Waals surface area contributed by atoms with E-state index in [1.54, 1.807) is 36.1 Å². The van der Waals surface area contributed by atoms with Crippen molar-refractivity contribution in [3.05, 3.63) is 72.6 Å². The second-order valence-corrected chi connectivity index (χ2v) is 7.55. The fraction of sp³-hybridized carbons (Fsp3) is 0.211. The third-order valence-electron chi connectivity index (χ3n) is 3.83. The van der Waals surface area contributed by atoms with Crippen LogP contribution in [0.1, 0.15) is 5.56 Å². The third kappa shape index (κ3) is 5.32. The molecule has 2 aromatic carbocycles. The normalized spacial score (nSPS) is 11.3. The zero-order valence-electron chi connectivity index (χ0n) is 14.9. The van der Waals surface area contributed by atoms with Crippen LogP contribution in [0.25, 0.3) is 0 Å². The molecular formula is C19H21N3O4S. The highest BCUT2D eigenvalue weighted by Crippen LogP contribution is 2.16. The molecule has 0 fully saturated rings. The highest BCUT2D eigenvalue weighted by atomic mass is 32.2. The van der Waals surface area contributed by atoms with Gasteiger partial charge in [-0.15, -0.1) is 0 Å². The first kappa shape index (κ1) is 18.9. The van der Waals surface area contributed by atoms with E-state index in [4.69, 9.17) is 9.47 Å². The Morgan fingerprint density at radius 2 is 1.74 bits per heavy atom. The van der Waals surface area contributed by atoms with E-state index in [2.05, 4.69) is 9.82 Å². The van der Waals surface area contributed by atoms with E-state index in [9.17, 15) is 8.42 Å². The standard InChI is InChI=1S/C19H21N3O4S/c1-25-17-7-9-18(10-8-17)26-12-11-21-27(23,24)19-13-20-22(15-19)14-16-5-3-2-4-6-16/h2-10,13,15,21H,11-12,14H2,1H3. The first-order chi connectivity index (χ1) is 13.1. The van der Waals surface area contributed by atoms with E-state index in [-0.39, 0.29) is 18.0 Å². The molecule has 0 amide bonds. The van der Waals surface area contributed by atoms with E-state index in [0.29, 0.717) is 12.3 Å². The Kier molecular flexibility index (Phi) is 6.10. The minimum Gasteiger partial charge on any atom is -0.497 e. The number of benzene rings is 2. The molecule has 142 valence electrons. The number of rotatable bonds is 9. The highest BCUT2D eigenvalue weighted by molar-refractivity contribution is 7.89. The average molecular weight is 387 g/mol. The van der Waals surface area contributed by atoms with E-state index < -0.39 is 10.0 Å². The topological polar surface area (TPSA) is 82.4 Å². The van der Waals surface area contributed by atoms with Crippen LogP contribution < -0.4 is 14.2 Å². The van der Waals surface area contributed by atoms with Crippen LogP contribution >= 0.6 is 0 Å². The minimum absolute atomic E-state index is 0.128. The van der Waals surface area contributed by atoms with Gasteiger partial charge in [-0.25, -0.2) is 13.1 Å². The summed E-state index contributed by atoms with van der Waals surface area (Å²) >= 11 is 0. The number of sulfonamides is 1. The maximum Gasteiger partial charge on any atom is 0.243 e. The van der Waals surface area contributed by atoms with E-state index >= 15 is 0 Å². The van der Waals surface area contributed by atoms with Crippen LogP contribution in [0.2, 0.25) is 0 Å². The number of methoxy groups -OCH3 is 1. The van der Waals surface area contributed by atoms with Crippen molar-refractivity contribution >= 4 is 10.0 Å². The van der Waals surface area contributed by atoms with E-state index in [1.165, 1.54) is 12.4 Å². The summed E-state index contributed by atoms with van der Waals surface area (Å²) in [6, 6.07) is 16.8. The molecule has 0 bridgehead atoms. The summed E-state index contributed by atoms with van der Waals surface area (Å²) in [5.74, 6) is 1.38. The highest BCUT2D eigenvalue weighted by Gasteiger charge is 2.16. The van der Waals surface area contributed by atoms with Gasteiger partial charge < -0.3 is 9.47 Å². The predicted octanol–water partition coefficient (Wildman–Crippen LogP) is 2.30. The molecule has 0 saturated carbocycles. The van der Waals surface area contributed by atoms with Gasteiger partial charge in [0.25, 0.3) is 0 Å². The molecule has 0 aliphatic heterocycles. The zero-order chi connectivity index (χ0) is 19.1. The van der Waals surface area contributed by atoms with Crippen molar-refractivity contribution in [3.8, 4) is 11.5 Å². The molecule has 0 radical (unpaired) electrons. The summed E-state index contributed by atoms with van der Waals surface area (Å²) < 4.78 is 39.4. The smallest absolute Gasteiger partial charge is 0.243 e. The van der Waals surface area contributed by atoms with Crippen molar-refractivity contribution in [1.82, 2.24) is 14.5 Å². The number of ether oxygens (including phenoxy) is 2. The van der Waals surface area contributed by atoms with Gasteiger partial charge in [-0.1, -0.05) is 30.3 Å². The lowest BCUT2D eigenvalue weighted by atomic mass is 10.2. The second kappa shape index (κ2) is 8.70. The molecule has 0 spiro atoms. The lowest BCUT2D eigenvalue weighted by molar-refractivity contribution is 0.322. The zero-order valence-corrected chi connectivity index (χ0v) is 15.7. The van der Waals surface area contributed by atoms with Crippen molar-refractivity contribution in [3.63, 3.8) is 0 Å². The summed E-state index contributed by atoms with van der Waals surface area (Å²) in [6.45, 7) is 0.874. The molecule has 27 heavy (non-hydrogen) atoms. The van der Waals surface area contributed by atoms with Crippen LogP contribution in [0, 0.1) is 0 Å². The van der Waals surface area contributed by atoms with Gasteiger partial charge in [-0.2, -0.15) is 5.10 Å². The van der Waals surface area contributed by atoms with Gasteiger partial charge in [0.2, 0.25) is 10.0 Å². The Morgan fingerprint density at radius 3 is 2.44 bits per heavy atom. The quantitative estimate of drug-likeness (QED) is 0.570. The van der Waals surface area contributed by atoms with Gasteiger partial charge in [0.1, 0.15) is 23.0 Å². The van der Waals surface area contributed by atoms with Gasteiger partial charge in [0.15, 0.2) is 0 Å². The monoisotopic (exact) mass is 387 g/mol. The molecule has 0 aliphatic rings. The molecule has 1 heterocycles. The van der Waals surface area contributed by atoms with Crippen molar-refractivity contribution in [2.24, 2.45) is 0 Å². The van der Waals surface area contributed by atoms with E-state index in [1.807, 2.05) is 30.3 Å². The molecule has 3 aromatic rings.